The monoisotopic (exact) mass is 602 g/mol. The summed E-state index contributed by atoms with van der Waals surface area (Å²) < 4.78 is 1.77. The Bertz CT molecular complexity index is 1300. The van der Waals surface area contributed by atoms with Crippen molar-refractivity contribution < 1.29 is 18.6 Å². The van der Waals surface area contributed by atoms with Crippen molar-refractivity contribution >= 4 is 34.6 Å². The summed E-state index contributed by atoms with van der Waals surface area (Å²) in [4.78, 5) is 36.8. The maximum Gasteiger partial charge on any atom is 0.261 e. The highest BCUT2D eigenvalue weighted by Gasteiger charge is 2.48. The smallest absolute Gasteiger partial charge is 0.261 e. The van der Waals surface area contributed by atoms with Gasteiger partial charge in [0.05, 0.1) is 77.9 Å². The Hall–Kier alpha value is -3.62. The van der Waals surface area contributed by atoms with E-state index in [-0.39, 0.29) is 11.8 Å². The highest BCUT2D eigenvalue weighted by molar-refractivity contribution is 6.30. The average molecular weight is 603 g/mol. The zero-order chi connectivity index (χ0) is 32.4. The van der Waals surface area contributed by atoms with Crippen LogP contribution in [0.15, 0.2) is 59.7 Å². The number of anilines is 2. The summed E-state index contributed by atoms with van der Waals surface area (Å²) in [6, 6.07) is 16.5. The summed E-state index contributed by atoms with van der Waals surface area (Å²) in [5.41, 5.74) is 6.57. The van der Waals surface area contributed by atoms with Crippen LogP contribution in [0.4, 0.5) is 11.4 Å². The fraction of sp³-hybridized carbons (Fsp3) is 0.500. The van der Waals surface area contributed by atoms with E-state index < -0.39 is 0 Å². The van der Waals surface area contributed by atoms with Gasteiger partial charge in [0.25, 0.3) is 11.8 Å². The second-order valence-corrected chi connectivity index (χ2v) is 14.7. The molecule has 238 valence electrons. The molecule has 0 fully saturated rings. The van der Waals surface area contributed by atoms with Crippen molar-refractivity contribution in [1.29, 1.82) is 0 Å². The van der Waals surface area contributed by atoms with Gasteiger partial charge < -0.3 is 28.6 Å². The molecule has 0 bridgehead atoms. The zero-order valence-corrected chi connectivity index (χ0v) is 28.8. The molecule has 2 aliphatic heterocycles. The van der Waals surface area contributed by atoms with Crippen LogP contribution >= 0.6 is 0 Å². The molecule has 2 amide bonds. The van der Waals surface area contributed by atoms with Gasteiger partial charge in [0.15, 0.2) is 0 Å². The molecule has 0 N–H and O–H groups in total. The van der Waals surface area contributed by atoms with E-state index in [1.54, 1.807) is 0 Å². The summed E-state index contributed by atoms with van der Waals surface area (Å²) >= 11 is 0. The van der Waals surface area contributed by atoms with Crippen molar-refractivity contribution in [3.63, 3.8) is 0 Å². The lowest BCUT2D eigenvalue weighted by molar-refractivity contribution is -0.870. The Balaban J connectivity index is 1.81. The number of rotatable bonds is 14. The SMILES string of the molecule is CN(C)c1ccc(C2=C3C(=O)N(CCCC[N+](C)(C)C)C(c4ccc(N(C)C)cc4)=C3C(=O)N2CCCC[N+](C)(C)C)cc1. The molecule has 0 saturated carbocycles. The van der Waals surface area contributed by atoms with Crippen LogP contribution in [0.1, 0.15) is 36.8 Å². The van der Waals surface area contributed by atoms with Crippen LogP contribution in [0.25, 0.3) is 11.4 Å². The summed E-state index contributed by atoms with van der Waals surface area (Å²) in [5, 5.41) is 0. The first kappa shape index (κ1) is 33.3. The van der Waals surface area contributed by atoms with Crippen LogP contribution in [-0.2, 0) is 9.59 Å². The van der Waals surface area contributed by atoms with Crippen LogP contribution in [-0.4, -0.2) is 127 Å². The van der Waals surface area contributed by atoms with E-state index in [4.69, 9.17) is 0 Å². The highest BCUT2D eigenvalue weighted by Crippen LogP contribution is 2.47. The quantitative estimate of drug-likeness (QED) is 0.234. The Kier molecular flexibility index (Phi) is 9.96. The van der Waals surface area contributed by atoms with Crippen LogP contribution < -0.4 is 9.80 Å². The predicted molar refractivity (Wildman–Crippen MR) is 183 cm³/mol. The van der Waals surface area contributed by atoms with Crippen LogP contribution in [0, 0.1) is 0 Å². The number of nitrogens with zero attached hydrogens (tertiary/aromatic N) is 6. The molecule has 2 aromatic carbocycles. The lowest BCUT2D eigenvalue weighted by atomic mass is 10.0. The maximum atomic E-state index is 14.5. The Morgan fingerprint density at radius 3 is 1.11 bits per heavy atom. The van der Waals surface area contributed by atoms with Gasteiger partial charge in [0, 0.05) is 52.7 Å². The number of hydrogen-bond donors (Lipinski definition) is 0. The van der Waals surface area contributed by atoms with E-state index >= 15 is 0 Å². The van der Waals surface area contributed by atoms with Crippen molar-refractivity contribution in [2.24, 2.45) is 0 Å². The molecule has 0 unspecified atom stereocenters. The number of carbonyl (C=O) groups excluding carboxylic acids is 2. The standard InChI is InChI=1S/C36H54N6O2/c1-37(2)29-19-15-27(16-20-29)33-31-32(36(44)39(33)23-11-13-25-41(5,6)7)34(28-17-21-30(22-18-28)38(3)4)40(35(31)43)24-12-14-26-42(8,9)10/h15-22H,11-14,23-26H2,1-10H3/q+2. The number of fused-ring (bicyclic) bond motifs is 1. The maximum absolute atomic E-state index is 14.5. The topological polar surface area (TPSA) is 47.1 Å². The van der Waals surface area contributed by atoms with E-state index in [0.717, 1.165) is 81.6 Å². The molecular formula is C36H54N6O2+2. The Morgan fingerprint density at radius 1 is 0.523 bits per heavy atom. The van der Waals surface area contributed by atoms with Gasteiger partial charge in [-0.2, -0.15) is 0 Å². The average Bonchev–Trinajstić information content (AvgIpc) is 3.38. The van der Waals surface area contributed by atoms with Crippen molar-refractivity contribution in [2.45, 2.75) is 25.7 Å². The normalized spacial score (nSPS) is 15.6. The summed E-state index contributed by atoms with van der Waals surface area (Å²) in [7, 11) is 21.2. The number of hydrogen-bond acceptors (Lipinski definition) is 4. The molecule has 4 rings (SSSR count). The van der Waals surface area contributed by atoms with E-state index in [2.05, 4.69) is 101 Å². The summed E-state index contributed by atoms with van der Waals surface area (Å²) in [6.07, 6.45) is 3.74. The first-order valence-electron chi connectivity index (χ1n) is 15.9. The largest absolute Gasteiger partial charge is 0.378 e. The van der Waals surface area contributed by atoms with Crippen molar-refractivity contribution in [3.8, 4) is 0 Å². The van der Waals surface area contributed by atoms with Crippen molar-refractivity contribution in [1.82, 2.24) is 9.80 Å². The van der Waals surface area contributed by atoms with Crippen molar-refractivity contribution in [3.05, 3.63) is 70.8 Å². The van der Waals surface area contributed by atoms with Gasteiger partial charge in [-0.1, -0.05) is 24.3 Å². The van der Waals surface area contributed by atoms with Crippen LogP contribution in [0.2, 0.25) is 0 Å². The number of benzene rings is 2. The second-order valence-electron chi connectivity index (χ2n) is 14.7. The highest BCUT2D eigenvalue weighted by atomic mass is 16.2. The van der Waals surface area contributed by atoms with E-state index in [9.17, 15) is 9.59 Å². The number of carbonyl (C=O) groups is 2. The van der Waals surface area contributed by atoms with Crippen molar-refractivity contribution in [2.75, 3.05) is 106 Å². The van der Waals surface area contributed by atoms with E-state index in [1.165, 1.54) is 0 Å². The van der Waals surface area contributed by atoms with Gasteiger partial charge in [-0.15, -0.1) is 0 Å². The van der Waals surface area contributed by atoms with Gasteiger partial charge in [-0.25, -0.2) is 0 Å². The molecule has 0 radical (unpaired) electrons. The molecule has 0 aromatic heterocycles. The second kappa shape index (κ2) is 13.2. The molecule has 2 aromatic rings. The fourth-order valence-corrected chi connectivity index (χ4v) is 5.97. The predicted octanol–water partition coefficient (Wildman–Crippen LogP) is 4.60. The number of unbranched alkanes of at least 4 members (excludes halogenated alkanes) is 2. The molecule has 0 spiro atoms. The summed E-state index contributed by atoms with van der Waals surface area (Å²) in [5.74, 6) is -0.128. The van der Waals surface area contributed by atoms with Gasteiger partial charge in [0.1, 0.15) is 0 Å². The third-order valence-electron chi connectivity index (χ3n) is 8.42. The first-order valence-corrected chi connectivity index (χ1v) is 15.9. The lowest BCUT2D eigenvalue weighted by Crippen LogP contribution is -2.36. The molecule has 44 heavy (non-hydrogen) atoms. The zero-order valence-electron chi connectivity index (χ0n) is 28.8. The third-order valence-corrected chi connectivity index (χ3v) is 8.42. The third kappa shape index (κ3) is 7.53. The molecule has 0 saturated heterocycles. The molecule has 2 aliphatic rings. The fourth-order valence-electron chi connectivity index (χ4n) is 5.97. The molecule has 8 nitrogen and oxygen atoms in total. The van der Waals surface area contributed by atoms with Gasteiger partial charge in [-0.05, 0) is 61.1 Å². The minimum Gasteiger partial charge on any atom is -0.378 e. The van der Waals surface area contributed by atoms with E-state index in [1.807, 2.05) is 38.0 Å². The molecule has 8 heteroatoms. The van der Waals surface area contributed by atoms with Crippen LogP contribution in [0.5, 0.6) is 0 Å². The first-order chi connectivity index (χ1) is 20.6. The molecular weight excluding hydrogens is 548 g/mol. The lowest BCUT2D eigenvalue weighted by Gasteiger charge is -2.27. The summed E-state index contributed by atoms with van der Waals surface area (Å²) in [6.45, 7) is 3.22. The Morgan fingerprint density at radius 2 is 0.841 bits per heavy atom. The number of quaternary nitrogens is 2. The van der Waals surface area contributed by atoms with Gasteiger partial charge in [-0.3, -0.25) is 9.59 Å². The molecule has 2 heterocycles. The minimum absolute atomic E-state index is 0.0640. The van der Waals surface area contributed by atoms with Gasteiger partial charge in [0.2, 0.25) is 0 Å². The molecule has 0 aliphatic carbocycles. The molecule has 0 atom stereocenters. The Labute approximate surface area is 265 Å². The van der Waals surface area contributed by atoms with Gasteiger partial charge >= 0.3 is 0 Å². The van der Waals surface area contributed by atoms with E-state index in [0.29, 0.717) is 24.2 Å². The number of amides is 2. The minimum atomic E-state index is -0.0640. The van der Waals surface area contributed by atoms with Crippen LogP contribution in [0.3, 0.4) is 0 Å².